The first-order valence-corrected chi connectivity index (χ1v) is 10.2. The molecule has 0 atom stereocenters. The number of carbonyl (C=O) groups is 1. The Kier molecular flexibility index (Phi) is 3.80. The normalized spacial score (nSPS) is 22.8. The Labute approximate surface area is 166 Å². The summed E-state index contributed by atoms with van der Waals surface area (Å²) in [5.74, 6) is 1.64. The number of methoxy groups -OCH3 is 1. The van der Waals surface area contributed by atoms with Gasteiger partial charge in [0.2, 0.25) is 5.91 Å². The predicted octanol–water partition coefficient (Wildman–Crippen LogP) is 3.36. The molecule has 3 aromatic rings. The van der Waals surface area contributed by atoms with Crippen molar-refractivity contribution in [2.45, 2.75) is 44.2 Å². The number of aromatic nitrogens is 3. The van der Waals surface area contributed by atoms with Crippen LogP contribution in [0.2, 0.25) is 0 Å². The van der Waals surface area contributed by atoms with E-state index in [0.29, 0.717) is 11.9 Å². The molecule has 5 rings (SSSR count). The van der Waals surface area contributed by atoms with Crippen molar-refractivity contribution in [2.75, 3.05) is 17.3 Å². The van der Waals surface area contributed by atoms with Crippen molar-refractivity contribution in [3.63, 3.8) is 0 Å². The predicted molar refractivity (Wildman–Crippen MR) is 109 cm³/mol. The van der Waals surface area contributed by atoms with Gasteiger partial charge in [-0.2, -0.15) is 0 Å². The smallest absolute Gasteiger partial charge is 0.240 e. The molecular weight excluding hydrogens is 374 g/mol. The number of amides is 1. The number of nitrogens with one attached hydrogen (secondary N) is 1. The van der Waals surface area contributed by atoms with Crippen LogP contribution in [0, 0.1) is 0 Å². The highest BCUT2D eigenvalue weighted by atomic mass is 32.1. The first-order valence-electron chi connectivity index (χ1n) is 9.33. The molecule has 0 unspecified atom stereocenters. The summed E-state index contributed by atoms with van der Waals surface area (Å²) < 4.78 is 6.38. The minimum Gasteiger partial charge on any atom is -0.497 e. The number of thiazole rings is 1. The number of anilines is 2. The van der Waals surface area contributed by atoms with Crippen molar-refractivity contribution >= 4 is 38.4 Å². The highest BCUT2D eigenvalue weighted by Gasteiger charge is 2.51. The summed E-state index contributed by atoms with van der Waals surface area (Å²) in [6.07, 6.45) is 5.06. The first-order chi connectivity index (χ1) is 13.5. The molecule has 1 saturated carbocycles. The molecule has 1 aromatic carbocycles. The van der Waals surface area contributed by atoms with Crippen molar-refractivity contribution in [3.05, 3.63) is 36.3 Å². The SMILES string of the molecule is COc1ccc2nc(NC3CC(N4C(=O)C(C)(C)c5nccnc54)C3)sc2c1. The molecule has 1 N–H and O–H groups in total. The van der Waals surface area contributed by atoms with Gasteiger partial charge in [-0.15, -0.1) is 0 Å². The second-order valence-corrected chi connectivity index (χ2v) is 8.88. The fourth-order valence-corrected chi connectivity index (χ4v) is 4.94. The number of hydrogen-bond donors (Lipinski definition) is 1. The third kappa shape index (κ3) is 2.55. The van der Waals surface area contributed by atoms with Crippen LogP contribution in [-0.4, -0.2) is 40.1 Å². The lowest BCUT2D eigenvalue weighted by atomic mass is 9.85. The lowest BCUT2D eigenvalue weighted by Crippen LogP contribution is -2.53. The van der Waals surface area contributed by atoms with Crippen molar-refractivity contribution in [3.8, 4) is 5.75 Å². The highest BCUT2D eigenvalue weighted by Crippen LogP contribution is 2.43. The maximum Gasteiger partial charge on any atom is 0.240 e. The van der Waals surface area contributed by atoms with Crippen LogP contribution in [0.1, 0.15) is 32.4 Å². The second kappa shape index (κ2) is 6.13. The first kappa shape index (κ1) is 17.4. The number of ether oxygens (including phenoxy) is 1. The molecular formula is C20H21N5O2S. The van der Waals surface area contributed by atoms with Crippen LogP contribution in [0.5, 0.6) is 5.75 Å². The molecule has 1 aliphatic heterocycles. The van der Waals surface area contributed by atoms with Crippen molar-refractivity contribution in [1.82, 2.24) is 15.0 Å². The third-order valence-electron chi connectivity index (χ3n) is 5.65. The molecule has 3 heterocycles. The average Bonchev–Trinajstić information content (AvgIpc) is 3.15. The summed E-state index contributed by atoms with van der Waals surface area (Å²) in [5, 5.41) is 4.41. The second-order valence-electron chi connectivity index (χ2n) is 7.85. The largest absolute Gasteiger partial charge is 0.497 e. The summed E-state index contributed by atoms with van der Waals surface area (Å²) in [7, 11) is 1.67. The van der Waals surface area contributed by atoms with E-state index in [1.807, 2.05) is 36.9 Å². The van der Waals surface area contributed by atoms with Gasteiger partial charge in [0.25, 0.3) is 0 Å². The van der Waals surface area contributed by atoms with Gasteiger partial charge in [0.05, 0.1) is 28.4 Å². The Morgan fingerprint density at radius 2 is 2.04 bits per heavy atom. The number of carbonyl (C=O) groups excluding carboxylic acids is 1. The van der Waals surface area contributed by atoms with Crippen LogP contribution in [-0.2, 0) is 10.2 Å². The zero-order valence-electron chi connectivity index (χ0n) is 16.0. The molecule has 144 valence electrons. The zero-order chi connectivity index (χ0) is 19.5. The monoisotopic (exact) mass is 395 g/mol. The molecule has 1 fully saturated rings. The van der Waals surface area contributed by atoms with Crippen molar-refractivity contribution in [2.24, 2.45) is 0 Å². The lowest BCUT2D eigenvalue weighted by molar-refractivity contribution is -0.123. The summed E-state index contributed by atoms with van der Waals surface area (Å²) >= 11 is 1.62. The quantitative estimate of drug-likeness (QED) is 0.730. The van der Waals surface area contributed by atoms with E-state index in [-0.39, 0.29) is 11.9 Å². The van der Waals surface area contributed by atoms with E-state index in [1.165, 1.54) is 0 Å². The molecule has 0 radical (unpaired) electrons. The van der Waals surface area contributed by atoms with Crippen LogP contribution >= 0.6 is 11.3 Å². The van der Waals surface area contributed by atoms with Crippen molar-refractivity contribution in [1.29, 1.82) is 0 Å². The zero-order valence-corrected chi connectivity index (χ0v) is 16.8. The summed E-state index contributed by atoms with van der Waals surface area (Å²) in [6.45, 7) is 3.85. The van der Waals surface area contributed by atoms with Gasteiger partial charge in [-0.05, 0) is 44.9 Å². The van der Waals surface area contributed by atoms with Gasteiger partial charge in [-0.25, -0.2) is 9.97 Å². The maximum atomic E-state index is 13.0. The number of nitrogens with zero attached hydrogens (tertiary/aromatic N) is 4. The van der Waals surface area contributed by atoms with Crippen LogP contribution < -0.4 is 15.0 Å². The Bertz CT molecular complexity index is 1070. The molecule has 1 aliphatic carbocycles. The Hall–Kier alpha value is -2.74. The average molecular weight is 395 g/mol. The van der Waals surface area contributed by atoms with Gasteiger partial charge in [0.1, 0.15) is 5.75 Å². The van der Waals surface area contributed by atoms with Gasteiger partial charge in [0.15, 0.2) is 10.9 Å². The van der Waals surface area contributed by atoms with E-state index in [4.69, 9.17) is 4.74 Å². The van der Waals surface area contributed by atoms with Gasteiger partial charge in [0, 0.05) is 24.5 Å². The highest BCUT2D eigenvalue weighted by molar-refractivity contribution is 7.22. The van der Waals surface area contributed by atoms with Crippen LogP contribution in [0.25, 0.3) is 10.2 Å². The van der Waals surface area contributed by atoms with E-state index in [0.717, 1.165) is 39.6 Å². The molecule has 0 spiro atoms. The minimum atomic E-state index is -0.617. The van der Waals surface area contributed by atoms with Gasteiger partial charge < -0.3 is 10.1 Å². The summed E-state index contributed by atoms with van der Waals surface area (Å²) in [4.78, 5) is 28.3. The molecule has 0 saturated heterocycles. The number of benzene rings is 1. The topological polar surface area (TPSA) is 80.2 Å². The standard InChI is InChI=1S/C20H21N5O2S/c1-20(2)16-17(22-7-6-21-16)25(18(20)26)12-8-11(9-12)23-19-24-14-5-4-13(27-3)10-15(14)28-19/h4-7,10-12H,8-9H2,1-3H3,(H,23,24). The van der Waals surface area contributed by atoms with E-state index in [2.05, 4.69) is 20.3 Å². The summed E-state index contributed by atoms with van der Waals surface area (Å²) in [6, 6.07) is 6.34. The number of fused-ring (bicyclic) bond motifs is 2. The molecule has 1 amide bonds. The van der Waals surface area contributed by atoms with E-state index in [9.17, 15) is 4.79 Å². The van der Waals surface area contributed by atoms with E-state index in [1.54, 1.807) is 30.8 Å². The van der Waals surface area contributed by atoms with Gasteiger partial charge in [-0.3, -0.25) is 14.7 Å². The number of hydrogen-bond acceptors (Lipinski definition) is 7. The fourth-order valence-electron chi connectivity index (χ4n) is 3.97. The molecule has 8 heteroatoms. The molecule has 28 heavy (non-hydrogen) atoms. The van der Waals surface area contributed by atoms with Gasteiger partial charge in [-0.1, -0.05) is 11.3 Å². The maximum absolute atomic E-state index is 13.0. The summed E-state index contributed by atoms with van der Waals surface area (Å²) in [5.41, 5.74) is 1.12. The molecule has 7 nitrogen and oxygen atoms in total. The Morgan fingerprint density at radius 3 is 2.82 bits per heavy atom. The fraction of sp³-hybridized carbons (Fsp3) is 0.400. The van der Waals surface area contributed by atoms with E-state index < -0.39 is 5.41 Å². The van der Waals surface area contributed by atoms with Crippen LogP contribution in [0.3, 0.4) is 0 Å². The number of rotatable bonds is 4. The molecule has 0 bridgehead atoms. The molecule has 2 aromatic heterocycles. The van der Waals surface area contributed by atoms with Crippen LogP contribution in [0.4, 0.5) is 10.9 Å². The van der Waals surface area contributed by atoms with Crippen LogP contribution in [0.15, 0.2) is 30.6 Å². The third-order valence-corrected chi connectivity index (χ3v) is 6.60. The Morgan fingerprint density at radius 1 is 1.25 bits per heavy atom. The van der Waals surface area contributed by atoms with Gasteiger partial charge >= 0.3 is 0 Å². The van der Waals surface area contributed by atoms with E-state index >= 15 is 0 Å². The van der Waals surface area contributed by atoms with Crippen molar-refractivity contribution < 1.29 is 9.53 Å². The molecule has 2 aliphatic rings. The Balaban J connectivity index is 1.30. The lowest BCUT2D eigenvalue weighted by Gasteiger charge is -2.41. The minimum absolute atomic E-state index is 0.0873.